The highest BCUT2D eigenvalue weighted by Crippen LogP contribution is 2.37. The van der Waals surface area contributed by atoms with Gasteiger partial charge in [0.1, 0.15) is 9.85 Å². The largest absolute Gasteiger partial charge is 0.595 e. The summed E-state index contributed by atoms with van der Waals surface area (Å²) in [6.45, 7) is 0. The second kappa shape index (κ2) is 6.07. The van der Waals surface area contributed by atoms with Crippen LogP contribution in [0.2, 0.25) is 0 Å². The van der Waals surface area contributed by atoms with Gasteiger partial charge >= 0.3 is 5.11 Å². The second-order valence-corrected chi connectivity index (χ2v) is 5.65. The lowest BCUT2D eigenvalue weighted by atomic mass is 10.4. The minimum absolute atomic E-state index is 0.544. The van der Waals surface area contributed by atoms with Crippen molar-refractivity contribution in [3.8, 4) is 0 Å². The molecule has 0 unspecified atom stereocenters. The minimum Gasteiger partial charge on any atom is -0.253 e. The van der Waals surface area contributed by atoms with Crippen molar-refractivity contribution < 1.29 is 9.85 Å². The Balaban J connectivity index is 2.77. The molecule has 20 heavy (non-hydrogen) atoms. The highest BCUT2D eigenvalue weighted by atomic mass is 32.2. The van der Waals surface area contributed by atoms with Gasteiger partial charge < -0.3 is 0 Å². The van der Waals surface area contributed by atoms with Crippen molar-refractivity contribution in [3.63, 3.8) is 0 Å². The third-order valence-corrected chi connectivity index (χ3v) is 4.60. The van der Waals surface area contributed by atoms with Crippen molar-refractivity contribution in [1.29, 1.82) is 0 Å². The van der Waals surface area contributed by atoms with Gasteiger partial charge in [-0.1, -0.05) is 36.4 Å². The molecule has 0 saturated carbocycles. The SMILES string of the molecule is O=[N+]([O-])C([N+](=O)[O-])=S(c1ccccc1)c1ccccc1. The van der Waals surface area contributed by atoms with Crippen molar-refractivity contribution in [1.82, 2.24) is 0 Å². The van der Waals surface area contributed by atoms with E-state index in [1.165, 1.54) is 0 Å². The van der Waals surface area contributed by atoms with Crippen LogP contribution in [-0.2, 0) is 0 Å². The first-order valence-electron chi connectivity index (χ1n) is 5.61. The predicted octanol–water partition coefficient (Wildman–Crippen LogP) is 3.01. The van der Waals surface area contributed by atoms with Crippen LogP contribution in [0.5, 0.6) is 0 Å². The lowest BCUT2D eigenvalue weighted by molar-refractivity contribution is -0.495. The first kappa shape index (κ1) is 13.9. The molecule has 0 aromatic heterocycles. The number of rotatable bonds is 2. The maximum Gasteiger partial charge on any atom is 0.595 e. The highest BCUT2D eigenvalue weighted by Gasteiger charge is 2.33. The van der Waals surface area contributed by atoms with Crippen LogP contribution in [0.1, 0.15) is 0 Å². The summed E-state index contributed by atoms with van der Waals surface area (Å²) in [5.74, 6) is 0. The topological polar surface area (TPSA) is 86.3 Å². The Labute approximate surface area is 116 Å². The van der Waals surface area contributed by atoms with Gasteiger partial charge in [0.25, 0.3) is 0 Å². The zero-order valence-corrected chi connectivity index (χ0v) is 11.0. The molecule has 0 aliphatic carbocycles. The predicted molar refractivity (Wildman–Crippen MR) is 76.0 cm³/mol. The summed E-state index contributed by atoms with van der Waals surface area (Å²) < 4.78 is 0. The average Bonchev–Trinajstić information content (AvgIpc) is 2.45. The Kier molecular flexibility index (Phi) is 4.21. The molecule has 0 aliphatic heterocycles. The van der Waals surface area contributed by atoms with Crippen LogP contribution < -0.4 is 0 Å². The van der Waals surface area contributed by atoms with Crippen molar-refractivity contribution in [2.45, 2.75) is 9.79 Å². The Hall–Kier alpha value is -2.54. The minimum atomic E-state index is -1.33. The summed E-state index contributed by atoms with van der Waals surface area (Å²) >= 11 is 0. The molecule has 0 spiro atoms. The van der Waals surface area contributed by atoms with Crippen LogP contribution in [0.25, 0.3) is 0 Å². The second-order valence-electron chi connectivity index (χ2n) is 3.73. The van der Waals surface area contributed by atoms with Gasteiger partial charge in [0.05, 0.1) is 0 Å². The first-order chi connectivity index (χ1) is 9.61. The van der Waals surface area contributed by atoms with E-state index in [0.717, 1.165) is 0 Å². The number of hydrogen-bond donors (Lipinski definition) is 0. The number of nitrogens with zero attached hydrogens (tertiary/aromatic N) is 2. The molecular formula is C13H10N2O4S. The van der Waals surface area contributed by atoms with E-state index in [0.29, 0.717) is 9.79 Å². The van der Waals surface area contributed by atoms with Crippen molar-refractivity contribution in [3.05, 3.63) is 80.9 Å². The van der Waals surface area contributed by atoms with E-state index in [1.54, 1.807) is 60.7 Å². The van der Waals surface area contributed by atoms with E-state index < -0.39 is 25.4 Å². The number of benzene rings is 2. The van der Waals surface area contributed by atoms with E-state index in [2.05, 4.69) is 0 Å². The zero-order valence-electron chi connectivity index (χ0n) is 10.2. The van der Waals surface area contributed by atoms with Gasteiger partial charge in [0, 0.05) is 20.3 Å². The maximum atomic E-state index is 11.1. The van der Waals surface area contributed by atoms with E-state index in [-0.39, 0.29) is 0 Å². The molecule has 0 bridgehead atoms. The Morgan fingerprint density at radius 1 is 0.750 bits per heavy atom. The fraction of sp³-hybridized carbons (Fsp3) is 0. The molecule has 0 radical (unpaired) electrons. The average molecular weight is 290 g/mol. The first-order valence-corrected chi connectivity index (χ1v) is 6.84. The lowest BCUT2D eigenvalue weighted by Crippen LogP contribution is -2.22. The van der Waals surface area contributed by atoms with Crippen LogP contribution in [-0.4, -0.2) is 15.0 Å². The molecule has 0 fully saturated rings. The molecule has 7 heteroatoms. The molecule has 102 valence electrons. The Bertz CT molecular complexity index is 614. The van der Waals surface area contributed by atoms with Gasteiger partial charge in [0.2, 0.25) is 0 Å². The standard InChI is InChI=1S/C13H10N2O4S/c16-14(17)13(15(18)19)20(11-7-3-1-4-8-11)12-9-5-2-6-10-12/h1-10H. The summed E-state index contributed by atoms with van der Waals surface area (Å²) in [6.07, 6.45) is 0. The molecule has 0 heterocycles. The van der Waals surface area contributed by atoms with Crippen LogP contribution in [0, 0.1) is 20.2 Å². The van der Waals surface area contributed by atoms with Gasteiger partial charge in [-0.3, -0.25) is 20.2 Å². The van der Waals surface area contributed by atoms with E-state index in [9.17, 15) is 20.2 Å². The third kappa shape index (κ3) is 2.89. The molecular weight excluding hydrogens is 280 g/mol. The molecule has 0 N–H and O–H groups in total. The fourth-order valence-electron chi connectivity index (χ4n) is 1.68. The van der Waals surface area contributed by atoms with Crippen molar-refractivity contribution in [2.24, 2.45) is 0 Å². The van der Waals surface area contributed by atoms with Gasteiger partial charge in [-0.2, -0.15) is 0 Å². The normalized spacial score (nSPS) is 10.2. The van der Waals surface area contributed by atoms with Crippen LogP contribution in [0.4, 0.5) is 0 Å². The molecule has 0 atom stereocenters. The zero-order chi connectivity index (χ0) is 14.5. The van der Waals surface area contributed by atoms with Gasteiger partial charge in [-0.05, 0) is 24.3 Å². The summed E-state index contributed by atoms with van der Waals surface area (Å²) in [5, 5.41) is 21.2. The van der Waals surface area contributed by atoms with Crippen molar-refractivity contribution in [2.75, 3.05) is 0 Å². The molecule has 2 rings (SSSR count). The molecule has 6 nitrogen and oxygen atoms in total. The van der Waals surface area contributed by atoms with Crippen LogP contribution in [0.15, 0.2) is 70.5 Å². The van der Waals surface area contributed by atoms with Crippen molar-refractivity contribution >= 4 is 15.6 Å². The number of nitro groups is 2. The third-order valence-electron chi connectivity index (χ3n) is 2.45. The molecule has 2 aromatic rings. The van der Waals surface area contributed by atoms with Gasteiger partial charge in [0.15, 0.2) is 0 Å². The van der Waals surface area contributed by atoms with Gasteiger partial charge in [-0.15, -0.1) is 0 Å². The lowest BCUT2D eigenvalue weighted by Gasteiger charge is -2.06. The quantitative estimate of drug-likeness (QED) is 0.483. The smallest absolute Gasteiger partial charge is 0.253 e. The summed E-state index contributed by atoms with van der Waals surface area (Å²) in [4.78, 5) is 21.4. The van der Waals surface area contributed by atoms with E-state index in [4.69, 9.17) is 0 Å². The molecule has 0 amide bonds. The molecule has 0 saturated heterocycles. The summed E-state index contributed by atoms with van der Waals surface area (Å²) in [5.41, 5.74) is 0. The Morgan fingerprint density at radius 2 is 1.10 bits per heavy atom. The number of hydrogen-bond acceptors (Lipinski definition) is 4. The maximum absolute atomic E-state index is 11.1. The molecule has 0 aliphatic rings. The summed E-state index contributed by atoms with van der Waals surface area (Å²) in [7, 11) is -1.33. The van der Waals surface area contributed by atoms with E-state index in [1.807, 2.05) is 0 Å². The van der Waals surface area contributed by atoms with E-state index >= 15 is 0 Å². The summed E-state index contributed by atoms with van der Waals surface area (Å²) in [6, 6.07) is 17.0. The van der Waals surface area contributed by atoms with Gasteiger partial charge in [-0.25, -0.2) is 0 Å². The Morgan fingerprint density at radius 3 is 1.40 bits per heavy atom. The monoisotopic (exact) mass is 290 g/mol. The van der Waals surface area contributed by atoms with Crippen LogP contribution in [0.3, 0.4) is 0 Å². The highest BCUT2D eigenvalue weighted by molar-refractivity contribution is 8.15. The van der Waals surface area contributed by atoms with Crippen LogP contribution >= 0.6 is 10.5 Å². The fourth-order valence-corrected chi connectivity index (χ4v) is 3.53. The molecule has 2 aromatic carbocycles.